The molecule has 0 spiro atoms. The maximum absolute atomic E-state index is 12.8. The molecule has 0 amide bonds. The average Bonchev–Trinajstić information content (AvgIpc) is 2.93. The number of imidazole rings is 1. The lowest BCUT2D eigenvalue weighted by molar-refractivity contribution is -0.0429. The van der Waals surface area contributed by atoms with E-state index in [2.05, 4.69) is 4.98 Å². The second-order valence-corrected chi connectivity index (χ2v) is 8.15. The monoisotopic (exact) mass is 397 g/mol. The van der Waals surface area contributed by atoms with Crippen LogP contribution in [0.3, 0.4) is 0 Å². The number of hydrogen-bond acceptors (Lipinski definition) is 3. The molecule has 2 aromatic carbocycles. The fraction of sp³-hybridized carbons (Fsp3) is 0.278. The van der Waals surface area contributed by atoms with Crippen molar-refractivity contribution in [3.05, 3.63) is 58.9 Å². The highest BCUT2D eigenvalue weighted by atomic mass is 32.2. The minimum absolute atomic E-state index is 0.148. The Morgan fingerprint density at radius 2 is 1.85 bits per heavy atom. The molecule has 0 aliphatic carbocycles. The van der Waals surface area contributed by atoms with Gasteiger partial charge >= 0.3 is 15.5 Å². The third-order valence-corrected chi connectivity index (χ3v) is 5.49. The van der Waals surface area contributed by atoms with E-state index in [9.17, 15) is 21.6 Å². The van der Waals surface area contributed by atoms with E-state index < -0.39 is 15.5 Å². The number of alkyl halides is 3. The minimum Gasteiger partial charge on any atom is -0.326 e. The van der Waals surface area contributed by atoms with Crippen LogP contribution in [0.4, 0.5) is 18.9 Å². The summed E-state index contributed by atoms with van der Waals surface area (Å²) < 4.78 is 65.1. The Kier molecular flexibility index (Phi) is 4.67. The van der Waals surface area contributed by atoms with Crippen molar-refractivity contribution in [2.75, 3.05) is 4.72 Å². The van der Waals surface area contributed by atoms with Gasteiger partial charge in [0, 0.05) is 6.54 Å². The van der Waals surface area contributed by atoms with Gasteiger partial charge in [0.2, 0.25) is 0 Å². The largest absolute Gasteiger partial charge is 0.516 e. The van der Waals surface area contributed by atoms with Gasteiger partial charge in [0.25, 0.3) is 0 Å². The second-order valence-electron chi connectivity index (χ2n) is 6.47. The SMILES string of the molecule is Cc1cccc(Cn2cnc3c(NS(=O)(=O)C(F)(F)F)c(C)c(C)cc32)c1. The van der Waals surface area contributed by atoms with Crippen molar-refractivity contribution in [1.82, 2.24) is 9.55 Å². The van der Waals surface area contributed by atoms with Crippen molar-refractivity contribution in [2.45, 2.75) is 32.8 Å². The van der Waals surface area contributed by atoms with Crippen LogP contribution in [0.15, 0.2) is 36.7 Å². The van der Waals surface area contributed by atoms with Gasteiger partial charge in [-0.2, -0.15) is 21.6 Å². The lowest BCUT2D eigenvalue weighted by Gasteiger charge is -2.15. The van der Waals surface area contributed by atoms with Crippen LogP contribution in [0, 0.1) is 20.8 Å². The number of hydrogen-bond donors (Lipinski definition) is 1. The van der Waals surface area contributed by atoms with Gasteiger partial charge in [0.05, 0.1) is 17.5 Å². The third-order valence-electron chi connectivity index (χ3n) is 4.41. The molecule has 0 saturated heterocycles. The highest BCUT2D eigenvalue weighted by molar-refractivity contribution is 7.93. The molecule has 1 aromatic heterocycles. The second kappa shape index (κ2) is 6.56. The molecule has 3 rings (SSSR count). The summed E-state index contributed by atoms with van der Waals surface area (Å²) in [5.41, 5.74) is -1.67. The van der Waals surface area contributed by atoms with Gasteiger partial charge in [-0.05, 0) is 43.5 Å². The molecule has 3 aromatic rings. The van der Waals surface area contributed by atoms with E-state index >= 15 is 0 Å². The normalized spacial score (nSPS) is 12.5. The molecule has 0 unspecified atom stereocenters. The van der Waals surface area contributed by atoms with Gasteiger partial charge in [-0.1, -0.05) is 29.8 Å². The number of benzene rings is 2. The molecule has 144 valence electrons. The lowest BCUT2D eigenvalue weighted by atomic mass is 10.1. The van der Waals surface area contributed by atoms with E-state index in [1.165, 1.54) is 6.33 Å². The molecule has 0 aliphatic rings. The van der Waals surface area contributed by atoms with Gasteiger partial charge in [-0.25, -0.2) is 4.98 Å². The first-order valence-electron chi connectivity index (χ1n) is 8.09. The number of nitrogens with one attached hydrogen (secondary N) is 1. The fourth-order valence-electron chi connectivity index (χ4n) is 2.87. The standard InChI is InChI=1S/C18H18F3N3O2S/c1-11-5-4-6-14(7-11)9-24-10-22-17-15(24)8-12(2)13(3)16(17)23-27(25,26)18(19,20)21/h4-8,10,23H,9H2,1-3H3. The minimum atomic E-state index is -5.54. The zero-order valence-corrected chi connectivity index (χ0v) is 15.7. The zero-order valence-electron chi connectivity index (χ0n) is 14.9. The van der Waals surface area contributed by atoms with E-state index in [0.717, 1.165) is 11.1 Å². The smallest absolute Gasteiger partial charge is 0.326 e. The van der Waals surface area contributed by atoms with Crippen LogP contribution >= 0.6 is 0 Å². The molecule has 0 bridgehead atoms. The number of halogens is 3. The molecule has 0 saturated carbocycles. The third kappa shape index (κ3) is 3.64. The van der Waals surface area contributed by atoms with Crippen LogP contribution in [-0.2, 0) is 16.6 Å². The first kappa shape index (κ1) is 19.2. The Morgan fingerprint density at radius 3 is 2.48 bits per heavy atom. The van der Waals surface area contributed by atoms with Crippen molar-refractivity contribution < 1.29 is 21.6 Å². The molecular weight excluding hydrogens is 379 g/mol. The van der Waals surface area contributed by atoms with Gasteiger partial charge in [0.15, 0.2) is 0 Å². The maximum atomic E-state index is 12.8. The molecule has 0 radical (unpaired) electrons. The summed E-state index contributed by atoms with van der Waals surface area (Å²) >= 11 is 0. The van der Waals surface area contributed by atoms with Gasteiger partial charge in [-0.3, -0.25) is 4.72 Å². The van der Waals surface area contributed by atoms with Crippen LogP contribution in [0.25, 0.3) is 11.0 Å². The number of nitrogens with zero attached hydrogens (tertiary/aromatic N) is 2. The van der Waals surface area contributed by atoms with Crippen LogP contribution in [0.5, 0.6) is 0 Å². The predicted octanol–water partition coefficient (Wildman–Crippen LogP) is 4.27. The Bertz CT molecular complexity index is 1120. The van der Waals surface area contributed by atoms with Gasteiger partial charge in [0.1, 0.15) is 5.52 Å². The Hall–Kier alpha value is -2.55. The zero-order chi connectivity index (χ0) is 20.0. The first-order valence-corrected chi connectivity index (χ1v) is 9.57. The van der Waals surface area contributed by atoms with Crippen molar-refractivity contribution >= 4 is 26.7 Å². The number of aromatic nitrogens is 2. The van der Waals surface area contributed by atoms with Gasteiger partial charge in [-0.15, -0.1) is 0 Å². The van der Waals surface area contributed by atoms with E-state index in [1.54, 1.807) is 29.2 Å². The number of sulfonamides is 1. The van der Waals surface area contributed by atoms with Crippen LogP contribution in [0.1, 0.15) is 22.3 Å². The van der Waals surface area contributed by atoms with Crippen LogP contribution < -0.4 is 4.72 Å². The summed E-state index contributed by atoms with van der Waals surface area (Å²) in [5.74, 6) is 0. The van der Waals surface area contributed by atoms with Crippen molar-refractivity contribution in [3.63, 3.8) is 0 Å². The van der Waals surface area contributed by atoms with Crippen molar-refractivity contribution in [2.24, 2.45) is 0 Å². The number of anilines is 1. The Morgan fingerprint density at radius 1 is 1.15 bits per heavy atom. The average molecular weight is 397 g/mol. The number of fused-ring (bicyclic) bond motifs is 1. The summed E-state index contributed by atoms with van der Waals surface area (Å²) in [6.45, 7) is 5.70. The van der Waals surface area contributed by atoms with E-state index in [4.69, 9.17) is 0 Å². The summed E-state index contributed by atoms with van der Waals surface area (Å²) in [6.07, 6.45) is 1.50. The Balaban J connectivity index is 2.11. The van der Waals surface area contributed by atoms with Gasteiger partial charge < -0.3 is 4.57 Å². The van der Waals surface area contributed by atoms with Crippen molar-refractivity contribution in [3.8, 4) is 0 Å². The first-order chi connectivity index (χ1) is 12.5. The van der Waals surface area contributed by atoms with E-state index in [-0.39, 0.29) is 11.2 Å². The number of aryl methyl sites for hydroxylation is 2. The lowest BCUT2D eigenvalue weighted by Crippen LogP contribution is -2.30. The summed E-state index contributed by atoms with van der Waals surface area (Å²) in [6, 6.07) is 9.61. The topological polar surface area (TPSA) is 64.0 Å². The molecule has 0 fully saturated rings. The number of rotatable bonds is 4. The molecule has 5 nitrogen and oxygen atoms in total. The predicted molar refractivity (Wildman–Crippen MR) is 98.1 cm³/mol. The maximum Gasteiger partial charge on any atom is 0.516 e. The summed E-state index contributed by atoms with van der Waals surface area (Å²) in [7, 11) is -5.54. The molecule has 0 atom stereocenters. The van der Waals surface area contributed by atoms with E-state index in [0.29, 0.717) is 23.2 Å². The van der Waals surface area contributed by atoms with Crippen LogP contribution in [0.2, 0.25) is 0 Å². The fourth-order valence-corrected chi connectivity index (χ4v) is 3.51. The summed E-state index contributed by atoms with van der Waals surface area (Å²) in [5, 5.41) is 0. The van der Waals surface area contributed by atoms with Crippen LogP contribution in [-0.4, -0.2) is 23.5 Å². The highest BCUT2D eigenvalue weighted by Gasteiger charge is 2.46. The highest BCUT2D eigenvalue weighted by Crippen LogP contribution is 2.33. The summed E-state index contributed by atoms with van der Waals surface area (Å²) in [4.78, 5) is 4.17. The molecule has 1 N–H and O–H groups in total. The Labute approximate surface area is 154 Å². The molecule has 9 heteroatoms. The van der Waals surface area contributed by atoms with E-state index in [1.807, 2.05) is 31.2 Å². The molecule has 0 aliphatic heterocycles. The molecular formula is C18H18F3N3O2S. The van der Waals surface area contributed by atoms with Crippen molar-refractivity contribution in [1.29, 1.82) is 0 Å². The molecule has 27 heavy (non-hydrogen) atoms. The molecule has 1 heterocycles. The quantitative estimate of drug-likeness (QED) is 0.715.